The number of ether oxygens (including phenoxy) is 1. The predicted molar refractivity (Wildman–Crippen MR) is 89.9 cm³/mol. The summed E-state index contributed by atoms with van der Waals surface area (Å²) in [6, 6.07) is 0.274. The Morgan fingerprint density at radius 1 is 1.29 bits per heavy atom. The second-order valence-corrected chi connectivity index (χ2v) is 6.80. The van der Waals surface area contributed by atoms with Crippen LogP contribution in [-0.4, -0.2) is 52.8 Å². The van der Waals surface area contributed by atoms with Gasteiger partial charge in [-0.05, 0) is 38.5 Å². The number of likely N-dealkylation sites (tertiary alicyclic amines) is 1. The molecular formula is C17H26N4O3. The van der Waals surface area contributed by atoms with Crippen LogP contribution >= 0.6 is 0 Å². The molecule has 24 heavy (non-hydrogen) atoms. The number of piperidine rings is 1. The first-order valence-electron chi connectivity index (χ1n) is 8.77. The van der Waals surface area contributed by atoms with E-state index in [0.29, 0.717) is 18.0 Å². The standard InChI is InChI=1S/C17H26N4O3/c1-13-10-18-12-21(16(13)22)11-14-2-6-20(7-3-14)17(23)19-15-4-8-24-9-5-15/h10,12,14-15H,2-9,11H2,1H3,(H,19,23). The minimum atomic E-state index is 0.0321. The van der Waals surface area contributed by atoms with Crippen LogP contribution in [0.15, 0.2) is 17.3 Å². The van der Waals surface area contributed by atoms with Gasteiger partial charge in [0.05, 0.1) is 6.33 Å². The lowest BCUT2D eigenvalue weighted by atomic mass is 9.97. The van der Waals surface area contributed by atoms with Crippen molar-refractivity contribution >= 4 is 6.03 Å². The van der Waals surface area contributed by atoms with Crippen LogP contribution in [0.2, 0.25) is 0 Å². The molecule has 2 amide bonds. The third-order valence-electron chi connectivity index (χ3n) is 4.98. The maximum atomic E-state index is 12.3. The van der Waals surface area contributed by atoms with E-state index in [1.165, 1.54) is 0 Å². The molecule has 0 aromatic carbocycles. The number of hydrogen-bond donors (Lipinski definition) is 1. The molecule has 0 spiro atoms. The van der Waals surface area contributed by atoms with Crippen LogP contribution in [-0.2, 0) is 11.3 Å². The van der Waals surface area contributed by atoms with E-state index < -0.39 is 0 Å². The predicted octanol–water partition coefficient (Wildman–Crippen LogP) is 1.15. The minimum absolute atomic E-state index is 0.0321. The molecule has 0 atom stereocenters. The fourth-order valence-corrected chi connectivity index (χ4v) is 3.39. The highest BCUT2D eigenvalue weighted by atomic mass is 16.5. The smallest absolute Gasteiger partial charge is 0.317 e. The van der Waals surface area contributed by atoms with E-state index in [2.05, 4.69) is 10.3 Å². The van der Waals surface area contributed by atoms with Crippen molar-refractivity contribution in [3.8, 4) is 0 Å². The molecule has 3 heterocycles. The van der Waals surface area contributed by atoms with Crippen molar-refractivity contribution < 1.29 is 9.53 Å². The SMILES string of the molecule is Cc1cncn(CC2CCN(C(=O)NC3CCOCC3)CC2)c1=O. The van der Waals surface area contributed by atoms with E-state index >= 15 is 0 Å². The van der Waals surface area contributed by atoms with Crippen molar-refractivity contribution in [1.82, 2.24) is 19.8 Å². The van der Waals surface area contributed by atoms with Gasteiger partial charge in [0.15, 0.2) is 0 Å². The largest absolute Gasteiger partial charge is 0.381 e. The summed E-state index contributed by atoms with van der Waals surface area (Å²) in [4.78, 5) is 30.4. The van der Waals surface area contributed by atoms with Crippen molar-refractivity contribution in [2.24, 2.45) is 5.92 Å². The maximum Gasteiger partial charge on any atom is 0.317 e. The number of urea groups is 1. The molecular weight excluding hydrogens is 308 g/mol. The zero-order chi connectivity index (χ0) is 16.9. The summed E-state index contributed by atoms with van der Waals surface area (Å²) in [5.41, 5.74) is 0.704. The quantitative estimate of drug-likeness (QED) is 0.900. The highest BCUT2D eigenvalue weighted by molar-refractivity contribution is 5.74. The number of rotatable bonds is 3. The first-order valence-corrected chi connectivity index (χ1v) is 8.77. The van der Waals surface area contributed by atoms with Crippen molar-refractivity contribution in [2.45, 2.75) is 45.2 Å². The molecule has 0 saturated carbocycles. The van der Waals surface area contributed by atoms with E-state index in [1.807, 2.05) is 4.90 Å². The van der Waals surface area contributed by atoms with Crippen molar-refractivity contribution in [3.05, 3.63) is 28.4 Å². The van der Waals surface area contributed by atoms with Gasteiger partial charge in [0.1, 0.15) is 0 Å². The summed E-state index contributed by atoms with van der Waals surface area (Å²) in [7, 11) is 0. The van der Waals surface area contributed by atoms with Crippen molar-refractivity contribution in [2.75, 3.05) is 26.3 Å². The summed E-state index contributed by atoms with van der Waals surface area (Å²) in [6.45, 7) is 5.41. The van der Waals surface area contributed by atoms with E-state index in [1.54, 1.807) is 24.0 Å². The fourth-order valence-electron chi connectivity index (χ4n) is 3.39. The zero-order valence-electron chi connectivity index (χ0n) is 14.2. The Morgan fingerprint density at radius 3 is 2.71 bits per heavy atom. The van der Waals surface area contributed by atoms with E-state index in [-0.39, 0.29) is 17.6 Å². The first kappa shape index (κ1) is 17.0. The van der Waals surface area contributed by atoms with Crippen molar-refractivity contribution in [1.29, 1.82) is 0 Å². The Hall–Kier alpha value is -1.89. The Labute approximate surface area is 142 Å². The van der Waals surface area contributed by atoms with Gasteiger partial charge in [-0.25, -0.2) is 9.78 Å². The van der Waals surface area contributed by atoms with Gasteiger partial charge in [-0.15, -0.1) is 0 Å². The normalized spacial score (nSPS) is 20.1. The molecule has 3 rings (SSSR count). The number of nitrogens with zero attached hydrogens (tertiary/aromatic N) is 3. The number of carbonyl (C=O) groups excluding carboxylic acids is 1. The molecule has 7 nitrogen and oxygen atoms in total. The molecule has 2 aliphatic heterocycles. The Morgan fingerprint density at radius 2 is 2.00 bits per heavy atom. The number of nitrogens with one attached hydrogen (secondary N) is 1. The van der Waals surface area contributed by atoms with Crippen molar-refractivity contribution in [3.63, 3.8) is 0 Å². The summed E-state index contributed by atoms with van der Waals surface area (Å²) < 4.78 is 7.01. The average Bonchev–Trinajstić information content (AvgIpc) is 2.60. The van der Waals surface area contributed by atoms with Crippen LogP contribution < -0.4 is 10.9 Å². The summed E-state index contributed by atoms with van der Waals surface area (Å²) in [5, 5.41) is 3.11. The first-order chi connectivity index (χ1) is 11.6. The van der Waals surface area contributed by atoms with Gasteiger partial charge < -0.3 is 15.0 Å². The third kappa shape index (κ3) is 4.14. The molecule has 7 heteroatoms. The van der Waals surface area contributed by atoms with E-state index in [9.17, 15) is 9.59 Å². The molecule has 132 valence electrons. The summed E-state index contributed by atoms with van der Waals surface area (Å²) >= 11 is 0. The zero-order valence-corrected chi connectivity index (χ0v) is 14.2. The molecule has 0 aliphatic carbocycles. The van der Waals surface area contributed by atoms with Crippen LogP contribution in [0.5, 0.6) is 0 Å². The maximum absolute atomic E-state index is 12.3. The second kappa shape index (κ2) is 7.79. The van der Waals surface area contributed by atoms with Crippen LogP contribution in [0.1, 0.15) is 31.2 Å². The third-order valence-corrected chi connectivity index (χ3v) is 4.98. The molecule has 2 saturated heterocycles. The molecule has 0 unspecified atom stereocenters. The highest BCUT2D eigenvalue weighted by Crippen LogP contribution is 2.19. The Balaban J connectivity index is 1.47. The minimum Gasteiger partial charge on any atom is -0.381 e. The molecule has 1 aromatic heterocycles. The molecule has 2 aliphatic rings. The lowest BCUT2D eigenvalue weighted by Gasteiger charge is -2.34. The molecule has 1 aromatic rings. The van der Waals surface area contributed by atoms with Gasteiger partial charge in [0, 0.05) is 50.7 Å². The van der Waals surface area contributed by atoms with Crippen LogP contribution in [0, 0.1) is 12.8 Å². The highest BCUT2D eigenvalue weighted by Gasteiger charge is 2.25. The van der Waals surface area contributed by atoms with Gasteiger partial charge in [-0.3, -0.25) is 9.36 Å². The van der Waals surface area contributed by atoms with Gasteiger partial charge in [0.25, 0.3) is 5.56 Å². The molecule has 0 radical (unpaired) electrons. The molecule has 2 fully saturated rings. The van der Waals surface area contributed by atoms with Gasteiger partial charge in [-0.1, -0.05) is 0 Å². The van der Waals surface area contributed by atoms with Crippen LogP contribution in [0.3, 0.4) is 0 Å². The summed E-state index contributed by atoms with van der Waals surface area (Å²) in [5.74, 6) is 0.415. The molecule has 0 bridgehead atoms. The lowest BCUT2D eigenvalue weighted by molar-refractivity contribution is 0.0770. The van der Waals surface area contributed by atoms with Gasteiger partial charge in [0.2, 0.25) is 0 Å². The van der Waals surface area contributed by atoms with Gasteiger partial charge >= 0.3 is 6.03 Å². The van der Waals surface area contributed by atoms with Crippen LogP contribution in [0.25, 0.3) is 0 Å². The number of aryl methyl sites for hydroxylation is 1. The topological polar surface area (TPSA) is 76.5 Å². The average molecular weight is 334 g/mol. The van der Waals surface area contributed by atoms with E-state index in [4.69, 9.17) is 4.74 Å². The Kier molecular flexibility index (Phi) is 5.50. The Bertz CT molecular complexity index is 617. The molecule has 1 N–H and O–H groups in total. The number of aromatic nitrogens is 2. The summed E-state index contributed by atoms with van der Waals surface area (Å²) in [6.07, 6.45) is 6.84. The monoisotopic (exact) mass is 334 g/mol. The number of carbonyl (C=O) groups is 1. The number of amides is 2. The number of hydrogen-bond acceptors (Lipinski definition) is 4. The lowest BCUT2D eigenvalue weighted by Crippen LogP contribution is -2.49. The fraction of sp³-hybridized carbons (Fsp3) is 0.706. The second-order valence-electron chi connectivity index (χ2n) is 6.80. The van der Waals surface area contributed by atoms with Crippen LogP contribution in [0.4, 0.5) is 4.79 Å². The van der Waals surface area contributed by atoms with Gasteiger partial charge in [-0.2, -0.15) is 0 Å². The van der Waals surface area contributed by atoms with E-state index in [0.717, 1.165) is 52.0 Å².